The Kier molecular flexibility index (Phi) is 14.3. The average Bonchev–Trinajstić information content (AvgIpc) is 4.00. The molecule has 0 aromatic rings. The minimum Gasteiger partial charge on any atom is -0.369 e. The summed E-state index contributed by atoms with van der Waals surface area (Å²) >= 11 is 0. The zero-order chi connectivity index (χ0) is 51.7. The third-order valence-electron chi connectivity index (χ3n) is 25.2. The maximum atomic E-state index is 12.5. The molecule has 19 atom stereocenters. The molecule has 0 aromatic carbocycles. The second-order valence-electron chi connectivity index (χ2n) is 29.8. The number of nitrogens with zero attached hydrogens (tertiary/aromatic N) is 4. The predicted octanol–water partition coefficient (Wildman–Crippen LogP) is 12.2. The summed E-state index contributed by atoms with van der Waals surface area (Å²) in [5.74, 6) is 8.13. The molecule has 0 radical (unpaired) electrons. The van der Waals surface area contributed by atoms with Crippen molar-refractivity contribution in [3.8, 4) is 0 Å². The molecule has 8 aliphatic carbocycles. The predicted molar refractivity (Wildman–Crippen MR) is 296 cm³/mol. The molecule has 0 N–H and O–H groups in total. The highest BCUT2D eigenvalue weighted by Crippen LogP contribution is 2.70. The van der Waals surface area contributed by atoms with Gasteiger partial charge in [-0.25, -0.2) is 0 Å². The van der Waals surface area contributed by atoms with Gasteiger partial charge in [0.15, 0.2) is 5.78 Å². The van der Waals surface area contributed by atoms with Crippen molar-refractivity contribution in [1.29, 1.82) is 0 Å². The Hall–Kier alpha value is -1.68. The van der Waals surface area contributed by atoms with Crippen LogP contribution in [0.4, 0.5) is 0 Å². The molecule has 0 bridgehead atoms. The van der Waals surface area contributed by atoms with Gasteiger partial charge in [-0.2, -0.15) is 0 Å². The number of likely N-dealkylation sites (N-methyl/N-ethyl adjacent to an activating group) is 2. The van der Waals surface area contributed by atoms with Gasteiger partial charge in [-0.15, -0.1) is 0 Å². The van der Waals surface area contributed by atoms with Crippen LogP contribution in [0.1, 0.15) is 184 Å². The SMILES string of the molecule is CC1=C2C[C@H]3[C@@H](CCC4=CC(=O)CC[C@@]43C)[C@@H]2CC[C@@]2(C1)O[C@@H]1C[C@H](C)CN(CCN(C)C)[C@H]1[C@H]2C.CC1=C2C[C@H]3[C@@H](CC[C@]4(C)CC(=O)CC[C@]34C)[C@@H]2CC[C@@]2(C1)O[C@@H]1C[C@H](C)CN(CCN(C)C)[C@H]1[C@H]2C. The van der Waals surface area contributed by atoms with Gasteiger partial charge in [0.2, 0.25) is 0 Å². The number of carbonyl (C=O) groups is 2. The van der Waals surface area contributed by atoms with Gasteiger partial charge in [-0.3, -0.25) is 19.4 Å². The fourth-order valence-electron chi connectivity index (χ4n) is 21.0. The van der Waals surface area contributed by atoms with E-state index in [1.807, 2.05) is 11.6 Å². The first-order valence-corrected chi connectivity index (χ1v) is 30.8. The molecule has 4 heterocycles. The molecule has 9 fully saturated rings. The van der Waals surface area contributed by atoms with E-state index in [0.717, 1.165) is 119 Å². The molecule has 8 nitrogen and oxygen atoms in total. The van der Waals surface area contributed by atoms with Gasteiger partial charge in [0.25, 0.3) is 0 Å². The topological polar surface area (TPSA) is 65.6 Å². The summed E-state index contributed by atoms with van der Waals surface area (Å²) in [6, 6.07) is 1.15. The number of carbonyl (C=O) groups excluding carboxylic acids is 2. The van der Waals surface area contributed by atoms with Crippen LogP contribution in [0.25, 0.3) is 0 Å². The molecule has 2 spiro atoms. The van der Waals surface area contributed by atoms with Crippen molar-refractivity contribution in [3.63, 3.8) is 0 Å². The van der Waals surface area contributed by atoms with Crippen molar-refractivity contribution >= 4 is 11.6 Å². The Morgan fingerprint density at radius 1 is 0.616 bits per heavy atom. The zero-order valence-corrected chi connectivity index (χ0v) is 48.8. The lowest BCUT2D eigenvalue weighted by Gasteiger charge is -2.58. The Bertz CT molecular complexity index is 2230. The van der Waals surface area contributed by atoms with E-state index in [4.69, 9.17) is 9.47 Å². The van der Waals surface area contributed by atoms with E-state index in [1.54, 1.807) is 16.7 Å². The summed E-state index contributed by atoms with van der Waals surface area (Å²) in [6.45, 7) is 29.4. The van der Waals surface area contributed by atoms with Gasteiger partial charge in [0.05, 0.1) is 23.4 Å². The summed E-state index contributed by atoms with van der Waals surface area (Å²) in [4.78, 5) is 34.9. The van der Waals surface area contributed by atoms with Crippen LogP contribution in [-0.4, -0.2) is 134 Å². The highest BCUT2D eigenvalue weighted by molar-refractivity contribution is 5.91. The zero-order valence-electron chi connectivity index (χ0n) is 48.8. The fourth-order valence-corrected chi connectivity index (χ4v) is 21.0. The summed E-state index contributed by atoms with van der Waals surface area (Å²) in [5, 5.41) is 0. The highest BCUT2D eigenvalue weighted by atomic mass is 16.5. The molecule has 12 aliphatic rings. The van der Waals surface area contributed by atoms with Crippen LogP contribution in [-0.2, 0) is 19.1 Å². The second kappa shape index (κ2) is 19.6. The van der Waals surface area contributed by atoms with Crippen LogP contribution in [0, 0.1) is 75.4 Å². The lowest BCUT2D eigenvalue weighted by atomic mass is 9.45. The third kappa shape index (κ3) is 8.97. The Morgan fingerprint density at radius 2 is 1.14 bits per heavy atom. The van der Waals surface area contributed by atoms with Crippen LogP contribution in [0.15, 0.2) is 33.9 Å². The number of allylic oxidation sites excluding steroid dienone is 4. The molecular weight excluding hydrogens is 901 g/mol. The van der Waals surface area contributed by atoms with Gasteiger partial charge in [-0.1, -0.05) is 76.3 Å². The van der Waals surface area contributed by atoms with Crippen LogP contribution >= 0.6 is 0 Å². The molecule has 12 rings (SSSR count). The van der Waals surface area contributed by atoms with Gasteiger partial charge < -0.3 is 19.3 Å². The van der Waals surface area contributed by atoms with Crippen molar-refractivity contribution in [3.05, 3.63) is 33.9 Å². The van der Waals surface area contributed by atoms with Gasteiger partial charge in [0, 0.05) is 82.5 Å². The molecule has 5 saturated carbocycles. The smallest absolute Gasteiger partial charge is 0.155 e. The number of hydrogen-bond acceptors (Lipinski definition) is 8. The molecule has 0 amide bonds. The second-order valence-corrected chi connectivity index (χ2v) is 29.8. The third-order valence-corrected chi connectivity index (χ3v) is 25.2. The van der Waals surface area contributed by atoms with E-state index in [9.17, 15) is 9.59 Å². The number of Topliss-reactive ketones (excluding diaryl/α,β-unsaturated/α-hetero) is 1. The summed E-state index contributed by atoms with van der Waals surface area (Å²) in [7, 11) is 8.80. The lowest BCUT2D eigenvalue weighted by molar-refractivity contribution is -0.142. The number of piperidine rings is 2. The van der Waals surface area contributed by atoms with Crippen molar-refractivity contribution in [1.82, 2.24) is 19.6 Å². The first kappa shape index (κ1) is 53.3. The first-order chi connectivity index (χ1) is 34.6. The van der Waals surface area contributed by atoms with E-state index >= 15 is 0 Å². The van der Waals surface area contributed by atoms with Crippen LogP contribution in [0.2, 0.25) is 0 Å². The van der Waals surface area contributed by atoms with E-state index < -0.39 is 0 Å². The largest absolute Gasteiger partial charge is 0.369 e. The first-order valence-electron chi connectivity index (χ1n) is 30.8. The number of rotatable bonds is 6. The number of hydrogen-bond donors (Lipinski definition) is 0. The Balaban J connectivity index is 0.000000157. The van der Waals surface area contributed by atoms with E-state index in [-0.39, 0.29) is 22.0 Å². The van der Waals surface area contributed by atoms with Gasteiger partial charge >= 0.3 is 0 Å². The van der Waals surface area contributed by atoms with Crippen molar-refractivity contribution < 1.29 is 19.1 Å². The molecule has 408 valence electrons. The molecule has 0 aromatic heterocycles. The summed E-state index contributed by atoms with van der Waals surface area (Å²) < 4.78 is 14.5. The van der Waals surface area contributed by atoms with Gasteiger partial charge in [0.1, 0.15) is 5.78 Å². The van der Waals surface area contributed by atoms with Crippen LogP contribution in [0.3, 0.4) is 0 Å². The summed E-state index contributed by atoms with van der Waals surface area (Å²) in [5.41, 5.74) is 9.27. The maximum absolute atomic E-state index is 12.5. The monoisotopic (exact) mass is 1000 g/mol. The Morgan fingerprint density at radius 3 is 1.67 bits per heavy atom. The number of fused-ring (bicyclic) bond motifs is 12. The molecule has 73 heavy (non-hydrogen) atoms. The minimum absolute atomic E-state index is 0.0214. The van der Waals surface area contributed by atoms with Crippen molar-refractivity contribution in [2.75, 3.05) is 67.5 Å². The molecular formula is C65H104N4O4. The standard InChI is InChI=1S/C33H54N2O2.C32H50N2O2/c1-21-16-29-30(35(20-21)15-14-34(6)7)23(3)33(37-29)13-10-25-26-9-11-31(4)19-24(36)8-12-32(31,5)28(26)17-27(25)22(2)18-33;1-20-15-29-30(34(19-20)14-13-33(5)6)22(3)32(36-29)12-10-25-26-8-7-23-16-24(35)9-11-31(23,4)28(26)17-27(25)21(2)18-32/h21,23,25-26,28-30H,8-20H2,1-7H3;16,20,22,25-26,28-30H,7-15,17-19H2,1-6H3/t21-,23+,25-,26-,28-,29+,30-,31+,32+,33-;20-,22+,25-,26-,28-,29+,30-,31-,32-/m00/s1. The van der Waals surface area contributed by atoms with Gasteiger partial charge in [-0.05, 0) is 214 Å². The normalized spacial score (nSPS) is 48.6. The molecule has 4 saturated heterocycles. The lowest BCUT2D eigenvalue weighted by Crippen LogP contribution is -2.53. The maximum Gasteiger partial charge on any atom is 0.155 e. The quantitative estimate of drug-likeness (QED) is 0.244. The average molecular weight is 1010 g/mol. The van der Waals surface area contributed by atoms with Crippen LogP contribution < -0.4 is 0 Å². The molecule has 4 aliphatic heterocycles. The van der Waals surface area contributed by atoms with E-state index in [2.05, 4.69) is 110 Å². The highest BCUT2D eigenvalue weighted by Gasteiger charge is 2.64. The Labute approximate surface area is 445 Å². The minimum atomic E-state index is 0.0214. The fraction of sp³-hybridized carbons (Fsp3) is 0.877. The number of ether oxygens (including phenoxy) is 2. The van der Waals surface area contributed by atoms with Crippen molar-refractivity contribution in [2.45, 2.75) is 220 Å². The number of ketones is 2. The van der Waals surface area contributed by atoms with Crippen LogP contribution in [0.5, 0.6) is 0 Å². The summed E-state index contributed by atoms with van der Waals surface area (Å²) in [6.07, 6.45) is 24.8. The molecule has 0 unspecified atom stereocenters. The van der Waals surface area contributed by atoms with E-state index in [0.29, 0.717) is 59.0 Å². The van der Waals surface area contributed by atoms with E-state index in [1.165, 1.54) is 89.3 Å². The molecule has 8 heteroatoms. The van der Waals surface area contributed by atoms with Crippen molar-refractivity contribution in [2.24, 2.45) is 75.4 Å². The number of likely N-dealkylation sites (tertiary alicyclic amines) is 2.